The minimum absolute atomic E-state index is 0.0682. The number of hydrogen-bond acceptors (Lipinski definition) is 4. The second kappa shape index (κ2) is 11.9. The number of carbonyl (C=O) groups is 3. The standard InChI is InChI=1S/C31H34N2O5/c1-19(2)17-28(31(37)38)33-30(36)27(18-20-11-13-21(34)14-12-20)32-29(35)16-15-26-24-9-5-3-7-22(24)23-8-4-6-10-25(23)26/h3-14,19,26-28,34H,15-18H2,1-2H3,(H,32,35)(H,33,36)(H,37,38)/t27-,28-/m0/s1. The lowest BCUT2D eigenvalue weighted by atomic mass is 9.92. The van der Waals surface area contributed by atoms with Crippen molar-refractivity contribution in [2.24, 2.45) is 5.92 Å². The molecule has 0 aliphatic heterocycles. The number of carbonyl (C=O) groups excluding carboxylic acids is 2. The summed E-state index contributed by atoms with van der Waals surface area (Å²) in [6.07, 6.45) is 1.24. The zero-order valence-electron chi connectivity index (χ0n) is 21.7. The molecule has 1 aliphatic carbocycles. The number of aliphatic carboxylic acids is 1. The van der Waals surface area contributed by atoms with Crippen molar-refractivity contribution in [3.8, 4) is 16.9 Å². The number of fused-ring (bicyclic) bond motifs is 3. The van der Waals surface area contributed by atoms with Crippen LogP contribution in [-0.2, 0) is 20.8 Å². The molecule has 0 saturated carbocycles. The molecule has 0 fully saturated rings. The fraction of sp³-hybridized carbons (Fsp3) is 0.323. The summed E-state index contributed by atoms with van der Waals surface area (Å²) in [5, 5.41) is 24.6. The van der Waals surface area contributed by atoms with E-state index in [0.29, 0.717) is 6.42 Å². The minimum Gasteiger partial charge on any atom is -0.508 e. The third-order valence-electron chi connectivity index (χ3n) is 6.97. The van der Waals surface area contributed by atoms with Gasteiger partial charge in [0, 0.05) is 18.8 Å². The third-order valence-corrected chi connectivity index (χ3v) is 6.97. The van der Waals surface area contributed by atoms with Gasteiger partial charge in [0.15, 0.2) is 0 Å². The highest BCUT2D eigenvalue weighted by atomic mass is 16.4. The Balaban J connectivity index is 1.47. The quantitative estimate of drug-likeness (QED) is 0.298. The largest absolute Gasteiger partial charge is 0.508 e. The van der Waals surface area contributed by atoms with Crippen molar-refractivity contribution in [3.63, 3.8) is 0 Å². The van der Waals surface area contributed by atoms with Gasteiger partial charge in [0.25, 0.3) is 0 Å². The molecule has 0 bridgehead atoms. The number of carboxylic acids is 1. The van der Waals surface area contributed by atoms with Gasteiger partial charge < -0.3 is 20.8 Å². The van der Waals surface area contributed by atoms with Crippen LogP contribution in [0.2, 0.25) is 0 Å². The van der Waals surface area contributed by atoms with Crippen LogP contribution < -0.4 is 10.6 Å². The van der Waals surface area contributed by atoms with Gasteiger partial charge in [0.2, 0.25) is 11.8 Å². The lowest BCUT2D eigenvalue weighted by molar-refractivity contribution is -0.142. The van der Waals surface area contributed by atoms with Crippen LogP contribution in [0.4, 0.5) is 0 Å². The number of phenols is 1. The molecule has 4 rings (SSSR count). The summed E-state index contributed by atoms with van der Waals surface area (Å²) < 4.78 is 0. The highest BCUT2D eigenvalue weighted by Crippen LogP contribution is 2.46. The van der Waals surface area contributed by atoms with E-state index in [1.165, 1.54) is 34.4 Å². The molecule has 0 heterocycles. The van der Waals surface area contributed by atoms with Gasteiger partial charge in [0.05, 0.1) is 0 Å². The topological polar surface area (TPSA) is 116 Å². The Bertz CT molecular complexity index is 1260. The van der Waals surface area contributed by atoms with Crippen LogP contribution in [0.5, 0.6) is 5.75 Å². The van der Waals surface area contributed by atoms with Crippen LogP contribution in [0.3, 0.4) is 0 Å². The number of amides is 2. The van der Waals surface area contributed by atoms with E-state index in [4.69, 9.17) is 0 Å². The lowest BCUT2D eigenvalue weighted by Gasteiger charge is -2.23. The summed E-state index contributed by atoms with van der Waals surface area (Å²) in [4.78, 5) is 38.1. The van der Waals surface area contributed by atoms with Gasteiger partial charge in [-0.1, -0.05) is 74.5 Å². The Morgan fingerprint density at radius 2 is 1.39 bits per heavy atom. The molecule has 2 amide bonds. The zero-order chi connectivity index (χ0) is 27.2. The molecule has 0 saturated heterocycles. The average molecular weight is 515 g/mol. The molecule has 7 heteroatoms. The van der Waals surface area contributed by atoms with Crippen molar-refractivity contribution in [2.45, 2.75) is 57.5 Å². The van der Waals surface area contributed by atoms with E-state index < -0.39 is 24.0 Å². The summed E-state index contributed by atoms with van der Waals surface area (Å²) >= 11 is 0. The lowest BCUT2D eigenvalue weighted by Crippen LogP contribution is -2.52. The highest BCUT2D eigenvalue weighted by Gasteiger charge is 2.30. The SMILES string of the molecule is CC(C)C[C@H](NC(=O)[C@H](Cc1ccc(O)cc1)NC(=O)CCC1c2ccccc2-c2ccccc21)C(=O)O. The molecular weight excluding hydrogens is 480 g/mol. The maximum Gasteiger partial charge on any atom is 0.326 e. The van der Waals surface area contributed by atoms with E-state index in [9.17, 15) is 24.6 Å². The van der Waals surface area contributed by atoms with E-state index in [-0.39, 0.29) is 42.8 Å². The molecular formula is C31H34N2O5. The first-order valence-corrected chi connectivity index (χ1v) is 13.0. The van der Waals surface area contributed by atoms with Gasteiger partial charge in [-0.05, 0) is 58.7 Å². The summed E-state index contributed by atoms with van der Waals surface area (Å²) in [6.45, 7) is 3.77. The number of aromatic hydroxyl groups is 1. The first-order chi connectivity index (χ1) is 18.2. The van der Waals surface area contributed by atoms with Gasteiger partial charge in [-0.2, -0.15) is 0 Å². The van der Waals surface area contributed by atoms with E-state index in [2.05, 4.69) is 34.9 Å². The first kappa shape index (κ1) is 26.9. The van der Waals surface area contributed by atoms with Crippen LogP contribution in [0.25, 0.3) is 11.1 Å². The molecule has 198 valence electrons. The predicted octanol–water partition coefficient (Wildman–Crippen LogP) is 4.63. The maximum atomic E-state index is 13.2. The second-order valence-corrected chi connectivity index (χ2v) is 10.3. The molecule has 3 aromatic carbocycles. The third kappa shape index (κ3) is 6.40. The Labute approximate surface area is 222 Å². The first-order valence-electron chi connectivity index (χ1n) is 13.0. The summed E-state index contributed by atoms with van der Waals surface area (Å²) in [5.74, 6) is -1.68. The normalized spacial score (nSPS) is 13.9. The number of carboxylic acid groups (broad SMARTS) is 1. The molecule has 0 radical (unpaired) electrons. The molecule has 0 spiro atoms. The Hall–Kier alpha value is -4.13. The van der Waals surface area contributed by atoms with Crippen LogP contribution in [0, 0.1) is 5.92 Å². The van der Waals surface area contributed by atoms with Crippen molar-refractivity contribution in [1.29, 1.82) is 0 Å². The summed E-state index contributed by atoms with van der Waals surface area (Å²) in [5.41, 5.74) is 5.49. The summed E-state index contributed by atoms with van der Waals surface area (Å²) in [7, 11) is 0. The van der Waals surface area contributed by atoms with Crippen molar-refractivity contribution >= 4 is 17.8 Å². The van der Waals surface area contributed by atoms with Crippen molar-refractivity contribution in [1.82, 2.24) is 10.6 Å². The van der Waals surface area contributed by atoms with E-state index >= 15 is 0 Å². The van der Waals surface area contributed by atoms with E-state index in [0.717, 1.165) is 5.56 Å². The molecule has 0 aromatic heterocycles. The second-order valence-electron chi connectivity index (χ2n) is 10.3. The smallest absolute Gasteiger partial charge is 0.326 e. The molecule has 38 heavy (non-hydrogen) atoms. The predicted molar refractivity (Wildman–Crippen MR) is 146 cm³/mol. The zero-order valence-corrected chi connectivity index (χ0v) is 21.7. The molecule has 4 N–H and O–H groups in total. The Morgan fingerprint density at radius 3 is 1.95 bits per heavy atom. The Kier molecular flexibility index (Phi) is 8.46. The minimum atomic E-state index is -1.11. The maximum absolute atomic E-state index is 13.2. The number of rotatable bonds is 11. The van der Waals surface area contributed by atoms with E-state index in [1.54, 1.807) is 12.1 Å². The Morgan fingerprint density at radius 1 is 0.816 bits per heavy atom. The van der Waals surface area contributed by atoms with Crippen LogP contribution in [0.1, 0.15) is 55.7 Å². The highest BCUT2D eigenvalue weighted by molar-refractivity contribution is 5.90. The molecule has 1 aliphatic rings. The molecule has 7 nitrogen and oxygen atoms in total. The van der Waals surface area contributed by atoms with Crippen molar-refractivity contribution in [2.75, 3.05) is 0 Å². The van der Waals surface area contributed by atoms with Gasteiger partial charge in [0.1, 0.15) is 17.8 Å². The number of phenolic OH excluding ortho intramolecular Hbond substituents is 1. The number of nitrogens with one attached hydrogen (secondary N) is 2. The van der Waals surface area contributed by atoms with Crippen LogP contribution >= 0.6 is 0 Å². The molecule has 2 atom stereocenters. The van der Waals surface area contributed by atoms with E-state index in [1.807, 2.05) is 38.1 Å². The average Bonchev–Trinajstić information content (AvgIpc) is 3.21. The van der Waals surface area contributed by atoms with Crippen LogP contribution in [0.15, 0.2) is 72.8 Å². The monoisotopic (exact) mass is 514 g/mol. The number of benzene rings is 3. The summed E-state index contributed by atoms with van der Waals surface area (Å²) in [6, 6.07) is 20.8. The van der Waals surface area contributed by atoms with Gasteiger partial charge in [-0.15, -0.1) is 0 Å². The molecule has 3 aromatic rings. The number of hydrogen-bond donors (Lipinski definition) is 4. The van der Waals surface area contributed by atoms with Gasteiger partial charge in [-0.3, -0.25) is 9.59 Å². The molecule has 0 unspecified atom stereocenters. The van der Waals surface area contributed by atoms with Crippen molar-refractivity contribution in [3.05, 3.63) is 89.5 Å². The van der Waals surface area contributed by atoms with Crippen LogP contribution in [-0.4, -0.2) is 40.1 Å². The fourth-order valence-electron chi connectivity index (χ4n) is 5.15. The van der Waals surface area contributed by atoms with Gasteiger partial charge in [-0.25, -0.2) is 4.79 Å². The fourth-order valence-corrected chi connectivity index (χ4v) is 5.15. The van der Waals surface area contributed by atoms with Crippen molar-refractivity contribution < 1.29 is 24.6 Å². The van der Waals surface area contributed by atoms with Gasteiger partial charge >= 0.3 is 5.97 Å².